The van der Waals surface area contributed by atoms with E-state index in [9.17, 15) is 9.59 Å². The van der Waals surface area contributed by atoms with Crippen LogP contribution in [0.1, 0.15) is 28.5 Å². The van der Waals surface area contributed by atoms with Crippen LogP contribution in [-0.4, -0.2) is 16.0 Å². The quantitative estimate of drug-likeness (QED) is 0.642. The van der Waals surface area contributed by atoms with E-state index < -0.39 is 10.8 Å². The van der Waals surface area contributed by atoms with E-state index in [2.05, 4.69) is 4.98 Å². The van der Waals surface area contributed by atoms with Gasteiger partial charge in [0.2, 0.25) is 0 Å². The van der Waals surface area contributed by atoms with E-state index in [-0.39, 0.29) is 16.9 Å². The highest BCUT2D eigenvalue weighted by Gasteiger charge is 2.19. The topological polar surface area (TPSA) is 97.5 Å². The first kappa shape index (κ1) is 13.0. The Hall–Kier alpha value is -2.05. The minimum atomic E-state index is -0.531. The Morgan fingerprint density at radius 3 is 2.71 bits per heavy atom. The molecule has 0 aliphatic rings. The van der Waals surface area contributed by atoms with Gasteiger partial charge in [-0.25, -0.2) is 0 Å². The molecule has 0 amide bonds. The number of ketones is 1. The highest BCUT2D eigenvalue weighted by atomic mass is 32.2. The molecule has 0 radical (unpaired) electrons. The van der Waals surface area contributed by atoms with Gasteiger partial charge in [0.05, 0.1) is 5.25 Å². The highest BCUT2D eigenvalue weighted by Crippen LogP contribution is 2.16. The number of carbonyl (C=O) groups is 1. The molecular formula is C11H9N3O2S. The van der Waals surface area contributed by atoms with E-state index in [1.54, 1.807) is 19.9 Å². The summed E-state index contributed by atoms with van der Waals surface area (Å²) in [6, 6.07) is 2.99. The predicted molar refractivity (Wildman–Crippen MR) is 63.5 cm³/mol. The molecule has 1 N–H and O–H groups in total. The van der Waals surface area contributed by atoms with Gasteiger partial charge in [-0.2, -0.15) is 10.5 Å². The van der Waals surface area contributed by atoms with Crippen LogP contribution >= 0.6 is 11.8 Å². The van der Waals surface area contributed by atoms with Crippen molar-refractivity contribution >= 4 is 17.5 Å². The molecule has 0 aromatic carbocycles. The SMILES string of the molecule is Cc1[nH]c(=O)c(C#N)cc1C(=O)C(C)SC#N. The summed E-state index contributed by atoms with van der Waals surface area (Å²) in [5.74, 6) is -0.276. The summed E-state index contributed by atoms with van der Waals surface area (Å²) in [6.45, 7) is 3.19. The molecule has 0 spiro atoms. The Morgan fingerprint density at radius 2 is 2.18 bits per heavy atom. The van der Waals surface area contributed by atoms with E-state index >= 15 is 0 Å². The first-order valence-electron chi connectivity index (χ1n) is 4.74. The maximum atomic E-state index is 11.9. The number of nitriles is 2. The molecule has 6 heteroatoms. The van der Waals surface area contributed by atoms with Crippen molar-refractivity contribution in [3.63, 3.8) is 0 Å². The monoisotopic (exact) mass is 247 g/mol. The largest absolute Gasteiger partial charge is 0.325 e. The van der Waals surface area contributed by atoms with Gasteiger partial charge in [0.15, 0.2) is 5.78 Å². The van der Waals surface area contributed by atoms with Gasteiger partial charge >= 0.3 is 0 Å². The average molecular weight is 247 g/mol. The van der Waals surface area contributed by atoms with E-state index in [0.29, 0.717) is 5.69 Å². The van der Waals surface area contributed by atoms with Crippen molar-refractivity contribution < 1.29 is 4.79 Å². The fraction of sp³-hybridized carbons (Fsp3) is 0.273. The van der Waals surface area contributed by atoms with Gasteiger partial charge < -0.3 is 4.98 Å². The van der Waals surface area contributed by atoms with Crippen LogP contribution in [0.3, 0.4) is 0 Å². The fourth-order valence-electron chi connectivity index (χ4n) is 1.31. The fourth-order valence-corrected chi connectivity index (χ4v) is 1.71. The Morgan fingerprint density at radius 1 is 1.53 bits per heavy atom. The molecule has 1 aromatic rings. The van der Waals surface area contributed by atoms with Gasteiger partial charge in [0.1, 0.15) is 17.0 Å². The zero-order valence-corrected chi connectivity index (χ0v) is 10.1. The first-order chi connectivity index (χ1) is 8.01. The minimum Gasteiger partial charge on any atom is -0.325 e. The van der Waals surface area contributed by atoms with Crippen LogP contribution in [-0.2, 0) is 0 Å². The smallest absolute Gasteiger partial charge is 0.266 e. The van der Waals surface area contributed by atoms with Crippen molar-refractivity contribution in [2.45, 2.75) is 19.1 Å². The molecule has 1 atom stereocenters. The van der Waals surface area contributed by atoms with E-state index in [1.165, 1.54) is 6.07 Å². The number of aromatic amines is 1. The summed E-state index contributed by atoms with van der Waals surface area (Å²) in [5.41, 5.74) is 0.0658. The molecule has 0 saturated carbocycles. The van der Waals surface area contributed by atoms with Crippen LogP contribution in [0.15, 0.2) is 10.9 Å². The zero-order valence-electron chi connectivity index (χ0n) is 9.27. The van der Waals surface area contributed by atoms with Gasteiger partial charge in [-0.15, -0.1) is 0 Å². The Labute approximate surface area is 102 Å². The van der Waals surface area contributed by atoms with Crippen LogP contribution in [0.4, 0.5) is 0 Å². The van der Waals surface area contributed by atoms with Gasteiger partial charge in [-0.05, 0) is 31.7 Å². The van der Waals surface area contributed by atoms with Gasteiger partial charge in [-0.3, -0.25) is 9.59 Å². The summed E-state index contributed by atoms with van der Waals surface area (Å²) in [6.07, 6.45) is 0. The molecule has 0 fully saturated rings. The number of aromatic nitrogens is 1. The number of carbonyl (C=O) groups excluding carboxylic acids is 1. The van der Waals surface area contributed by atoms with Crippen LogP contribution in [0.25, 0.3) is 0 Å². The second kappa shape index (κ2) is 5.33. The van der Waals surface area contributed by atoms with Crippen LogP contribution in [0.5, 0.6) is 0 Å². The molecule has 1 aromatic heterocycles. The lowest BCUT2D eigenvalue weighted by atomic mass is 10.1. The van der Waals surface area contributed by atoms with Crippen molar-refractivity contribution in [2.75, 3.05) is 0 Å². The number of pyridine rings is 1. The van der Waals surface area contributed by atoms with E-state index in [0.717, 1.165) is 11.8 Å². The second-order valence-electron chi connectivity index (χ2n) is 3.38. The standard InChI is InChI=1S/C11H9N3O2S/c1-6-9(10(15)7(2)17-5-13)3-8(4-12)11(16)14-6/h3,7H,1-2H3,(H,14,16). The lowest BCUT2D eigenvalue weighted by molar-refractivity contribution is 0.0993. The summed E-state index contributed by atoms with van der Waals surface area (Å²) in [7, 11) is 0. The second-order valence-corrected chi connectivity index (χ2v) is 4.50. The lowest BCUT2D eigenvalue weighted by Crippen LogP contribution is -2.20. The van der Waals surface area contributed by atoms with Crippen LogP contribution in [0.2, 0.25) is 0 Å². The normalized spacial score (nSPS) is 11.3. The number of hydrogen-bond acceptors (Lipinski definition) is 5. The molecular weight excluding hydrogens is 238 g/mol. The summed E-state index contributed by atoms with van der Waals surface area (Å²) < 4.78 is 0. The number of Topliss-reactive ketones (excluding diaryl/α,β-unsaturated/α-hetero) is 1. The molecule has 1 rings (SSSR count). The van der Waals surface area contributed by atoms with Crippen molar-refractivity contribution in [2.24, 2.45) is 0 Å². The number of rotatable bonds is 3. The average Bonchev–Trinajstić information content (AvgIpc) is 2.29. The third-order valence-electron chi connectivity index (χ3n) is 2.22. The third kappa shape index (κ3) is 2.74. The Bertz CT molecular complexity index is 592. The van der Waals surface area contributed by atoms with Crippen molar-refractivity contribution in [1.82, 2.24) is 4.98 Å². The molecule has 5 nitrogen and oxygen atoms in total. The highest BCUT2D eigenvalue weighted by molar-refractivity contribution is 8.04. The number of thiocyanates is 1. The number of nitrogens with one attached hydrogen (secondary N) is 1. The molecule has 86 valence electrons. The van der Waals surface area contributed by atoms with Gasteiger partial charge in [0.25, 0.3) is 5.56 Å². The van der Waals surface area contributed by atoms with Gasteiger partial charge in [0, 0.05) is 11.3 Å². The molecule has 0 bridgehead atoms. The summed E-state index contributed by atoms with van der Waals surface area (Å²) in [4.78, 5) is 25.7. The van der Waals surface area contributed by atoms with Crippen molar-refractivity contribution in [1.29, 1.82) is 10.5 Å². The number of thioether (sulfide) groups is 1. The number of H-pyrrole nitrogens is 1. The predicted octanol–water partition coefficient (Wildman–Crippen LogP) is 1.34. The third-order valence-corrected chi connectivity index (χ3v) is 2.90. The first-order valence-corrected chi connectivity index (χ1v) is 5.62. The maximum absolute atomic E-state index is 11.9. The van der Waals surface area contributed by atoms with Crippen LogP contribution < -0.4 is 5.56 Å². The lowest BCUT2D eigenvalue weighted by Gasteiger charge is -2.08. The molecule has 1 unspecified atom stereocenters. The zero-order chi connectivity index (χ0) is 13.0. The number of hydrogen-bond donors (Lipinski definition) is 1. The number of aryl methyl sites for hydroxylation is 1. The maximum Gasteiger partial charge on any atom is 0.266 e. The molecule has 1 heterocycles. The van der Waals surface area contributed by atoms with Crippen molar-refractivity contribution in [3.05, 3.63) is 33.2 Å². The summed E-state index contributed by atoms with van der Waals surface area (Å²) in [5, 5.41) is 18.5. The summed E-state index contributed by atoms with van der Waals surface area (Å²) >= 11 is 0.842. The minimum absolute atomic E-state index is 0.104. The molecule has 0 saturated heterocycles. The van der Waals surface area contributed by atoms with E-state index in [1.807, 2.05) is 5.40 Å². The number of nitrogens with zero attached hydrogens (tertiary/aromatic N) is 2. The van der Waals surface area contributed by atoms with E-state index in [4.69, 9.17) is 10.5 Å². The molecule has 17 heavy (non-hydrogen) atoms. The Balaban J connectivity index is 3.25. The molecule has 0 aliphatic heterocycles. The van der Waals surface area contributed by atoms with Gasteiger partial charge in [-0.1, -0.05) is 0 Å². The Kier molecular flexibility index (Phi) is 4.08. The van der Waals surface area contributed by atoms with Crippen LogP contribution in [0, 0.1) is 28.9 Å². The van der Waals surface area contributed by atoms with Crippen molar-refractivity contribution in [3.8, 4) is 11.5 Å². The molecule has 0 aliphatic carbocycles.